The van der Waals surface area contributed by atoms with Crippen molar-refractivity contribution in [3.8, 4) is 0 Å². The first-order chi connectivity index (χ1) is 15.5. The molecule has 0 spiro atoms. The highest BCUT2D eigenvalue weighted by Gasteiger charge is 2.32. The van der Waals surface area contributed by atoms with Gasteiger partial charge in [-0.25, -0.2) is 15.0 Å². The lowest BCUT2D eigenvalue weighted by Crippen LogP contribution is -2.46. The van der Waals surface area contributed by atoms with Crippen LogP contribution in [-0.2, 0) is 6.42 Å². The Balaban J connectivity index is 1.79. The Morgan fingerprint density at radius 2 is 1.97 bits per heavy atom. The van der Waals surface area contributed by atoms with Gasteiger partial charge in [-0.3, -0.25) is 9.69 Å². The number of piperidine rings is 1. The number of unbranched alkanes of at least 4 members (excludes halogenated alkanes) is 1. The third-order valence-electron chi connectivity index (χ3n) is 6.72. The van der Waals surface area contributed by atoms with Crippen molar-refractivity contribution in [3.05, 3.63) is 57.8 Å². The van der Waals surface area contributed by atoms with Gasteiger partial charge < -0.3 is 10.7 Å². The number of hydrogen-bond acceptors (Lipinski definition) is 6. The number of hydrogen-bond donors (Lipinski definition) is 2. The van der Waals surface area contributed by atoms with E-state index in [4.69, 9.17) is 10.7 Å². The van der Waals surface area contributed by atoms with Crippen molar-refractivity contribution in [2.45, 2.75) is 83.8 Å². The summed E-state index contributed by atoms with van der Waals surface area (Å²) in [7, 11) is 0. The molecule has 0 saturated carbocycles. The monoisotopic (exact) mass is 434 g/mol. The van der Waals surface area contributed by atoms with Crippen molar-refractivity contribution in [2.75, 3.05) is 5.73 Å². The minimum atomic E-state index is -0.184. The molecular formula is C25H34N6O. The number of fused-ring (bicyclic) bond motifs is 1. The molecule has 3 unspecified atom stereocenters. The molecule has 1 aliphatic heterocycles. The Kier molecular flexibility index (Phi) is 6.84. The number of aromatic amines is 1. The van der Waals surface area contributed by atoms with Gasteiger partial charge in [0, 0.05) is 30.7 Å². The fourth-order valence-electron chi connectivity index (χ4n) is 5.16. The number of rotatable bonds is 7. The summed E-state index contributed by atoms with van der Waals surface area (Å²) in [5.41, 5.74) is 9.56. The number of likely N-dealkylation sites (tertiary alicyclic amines) is 1. The molecule has 170 valence electrons. The minimum Gasteiger partial charge on any atom is -0.368 e. The fraction of sp³-hybridized carbons (Fsp3) is 0.520. The van der Waals surface area contributed by atoms with Crippen LogP contribution in [0, 0.1) is 0 Å². The van der Waals surface area contributed by atoms with E-state index < -0.39 is 0 Å². The van der Waals surface area contributed by atoms with Gasteiger partial charge in [0.2, 0.25) is 5.95 Å². The predicted molar refractivity (Wildman–Crippen MR) is 128 cm³/mol. The lowest BCUT2D eigenvalue weighted by molar-refractivity contribution is 0.0495. The number of nitrogens with two attached hydrogens (primary N) is 1. The molecular weight excluding hydrogens is 400 g/mol. The maximum absolute atomic E-state index is 12.8. The second-order valence-electron chi connectivity index (χ2n) is 9.07. The summed E-state index contributed by atoms with van der Waals surface area (Å²) in [6.07, 6.45) is 9.07. The molecule has 3 atom stereocenters. The molecule has 7 nitrogen and oxygen atoms in total. The molecule has 4 rings (SSSR count). The molecule has 32 heavy (non-hydrogen) atoms. The Bertz CT molecular complexity index is 1120. The SMILES string of the molecule is CCCCC(c1cccc2[nH]c(=O)c(Cc3ccnc(N)n3)nc12)N1C(C)CCCC1C. The van der Waals surface area contributed by atoms with Crippen molar-refractivity contribution >= 4 is 17.0 Å². The number of H-pyrrole nitrogens is 1. The molecule has 1 fully saturated rings. The average molecular weight is 435 g/mol. The maximum Gasteiger partial charge on any atom is 0.270 e. The number of nitrogen functional groups attached to an aromatic ring is 1. The van der Waals surface area contributed by atoms with Crippen LogP contribution < -0.4 is 11.3 Å². The molecule has 3 N–H and O–H groups in total. The average Bonchev–Trinajstić information content (AvgIpc) is 2.76. The van der Waals surface area contributed by atoms with Crippen LogP contribution in [0.1, 0.15) is 82.3 Å². The molecule has 7 heteroatoms. The highest BCUT2D eigenvalue weighted by atomic mass is 16.1. The molecule has 0 aliphatic carbocycles. The van der Waals surface area contributed by atoms with Crippen LogP contribution in [0.15, 0.2) is 35.3 Å². The van der Waals surface area contributed by atoms with Gasteiger partial charge >= 0.3 is 0 Å². The van der Waals surface area contributed by atoms with E-state index in [-0.39, 0.29) is 17.5 Å². The largest absolute Gasteiger partial charge is 0.368 e. The molecule has 2 aromatic heterocycles. The number of para-hydroxylation sites is 1. The molecule has 1 aliphatic rings. The lowest BCUT2D eigenvalue weighted by Gasteiger charge is -2.44. The first kappa shape index (κ1) is 22.4. The zero-order valence-electron chi connectivity index (χ0n) is 19.3. The van der Waals surface area contributed by atoms with Crippen LogP contribution in [0.2, 0.25) is 0 Å². The first-order valence-electron chi connectivity index (χ1n) is 11.8. The molecule has 3 aromatic rings. The number of nitrogens with zero attached hydrogens (tertiary/aromatic N) is 4. The van der Waals surface area contributed by atoms with E-state index in [1.165, 1.54) is 24.8 Å². The van der Waals surface area contributed by atoms with Gasteiger partial charge in [-0.05, 0) is 50.8 Å². The quantitative estimate of drug-likeness (QED) is 0.572. The zero-order valence-corrected chi connectivity index (χ0v) is 19.3. The van der Waals surface area contributed by atoms with Gasteiger partial charge in [0.25, 0.3) is 5.56 Å². The van der Waals surface area contributed by atoms with Gasteiger partial charge in [0.1, 0.15) is 5.69 Å². The Hall–Kier alpha value is -2.80. The van der Waals surface area contributed by atoms with Crippen molar-refractivity contribution in [1.82, 2.24) is 24.8 Å². The second kappa shape index (κ2) is 9.77. The van der Waals surface area contributed by atoms with Crippen LogP contribution in [-0.4, -0.2) is 36.9 Å². The maximum atomic E-state index is 12.8. The van der Waals surface area contributed by atoms with Gasteiger partial charge in [0.15, 0.2) is 0 Å². The van der Waals surface area contributed by atoms with E-state index in [0.29, 0.717) is 29.9 Å². The summed E-state index contributed by atoms with van der Waals surface area (Å²) >= 11 is 0. The van der Waals surface area contributed by atoms with Crippen molar-refractivity contribution < 1.29 is 0 Å². The van der Waals surface area contributed by atoms with E-state index in [9.17, 15) is 4.79 Å². The van der Waals surface area contributed by atoms with E-state index in [1.54, 1.807) is 12.3 Å². The Labute approximate surface area is 189 Å². The van der Waals surface area contributed by atoms with E-state index in [2.05, 4.69) is 46.7 Å². The van der Waals surface area contributed by atoms with Crippen LogP contribution in [0.5, 0.6) is 0 Å². The summed E-state index contributed by atoms with van der Waals surface area (Å²) in [4.78, 5) is 31.6. The standard InChI is InChI=1S/C25H34N6O/c1-4-5-12-22(31-16(2)8-6-9-17(31)3)19-10-7-11-20-23(19)29-21(24(32)30-20)15-18-13-14-27-25(26)28-18/h7,10-11,13-14,16-17,22H,4-6,8-9,12,15H2,1-3H3,(H,30,32)(H2,26,27,28). The summed E-state index contributed by atoms with van der Waals surface area (Å²) in [6, 6.07) is 9.29. The van der Waals surface area contributed by atoms with E-state index >= 15 is 0 Å². The Morgan fingerprint density at radius 3 is 2.69 bits per heavy atom. The predicted octanol–water partition coefficient (Wildman–Crippen LogP) is 4.38. The summed E-state index contributed by atoms with van der Waals surface area (Å²) in [5, 5.41) is 0. The lowest BCUT2D eigenvalue weighted by atomic mass is 9.89. The smallest absolute Gasteiger partial charge is 0.270 e. The number of anilines is 1. The third-order valence-corrected chi connectivity index (χ3v) is 6.72. The van der Waals surface area contributed by atoms with Crippen molar-refractivity contribution in [1.29, 1.82) is 0 Å². The summed E-state index contributed by atoms with van der Waals surface area (Å²) < 4.78 is 0. The second-order valence-corrected chi connectivity index (χ2v) is 9.07. The van der Waals surface area contributed by atoms with Crippen LogP contribution >= 0.6 is 0 Å². The highest BCUT2D eigenvalue weighted by molar-refractivity contribution is 5.78. The topological polar surface area (TPSA) is 101 Å². The fourth-order valence-corrected chi connectivity index (χ4v) is 5.16. The van der Waals surface area contributed by atoms with Crippen molar-refractivity contribution in [2.24, 2.45) is 0 Å². The first-order valence-corrected chi connectivity index (χ1v) is 11.8. The van der Waals surface area contributed by atoms with Crippen molar-refractivity contribution in [3.63, 3.8) is 0 Å². The van der Waals surface area contributed by atoms with Gasteiger partial charge in [-0.2, -0.15) is 0 Å². The van der Waals surface area contributed by atoms with Gasteiger partial charge in [-0.1, -0.05) is 38.3 Å². The minimum absolute atomic E-state index is 0.184. The molecule has 1 saturated heterocycles. The van der Waals surface area contributed by atoms with Crippen LogP contribution in [0.4, 0.5) is 5.95 Å². The number of benzene rings is 1. The number of aromatic nitrogens is 4. The summed E-state index contributed by atoms with van der Waals surface area (Å²) in [6.45, 7) is 6.93. The highest BCUT2D eigenvalue weighted by Crippen LogP contribution is 2.37. The third kappa shape index (κ3) is 4.67. The van der Waals surface area contributed by atoms with E-state index in [0.717, 1.165) is 30.3 Å². The van der Waals surface area contributed by atoms with Crippen LogP contribution in [0.3, 0.4) is 0 Å². The zero-order chi connectivity index (χ0) is 22.7. The molecule has 0 bridgehead atoms. The number of nitrogens with one attached hydrogen (secondary N) is 1. The molecule has 0 amide bonds. The molecule has 1 aromatic carbocycles. The normalized spacial score (nSPS) is 20.5. The summed E-state index contributed by atoms with van der Waals surface area (Å²) in [5.74, 6) is 0.202. The molecule has 0 radical (unpaired) electrons. The van der Waals surface area contributed by atoms with Gasteiger partial charge in [0.05, 0.1) is 16.7 Å². The Morgan fingerprint density at radius 1 is 1.19 bits per heavy atom. The van der Waals surface area contributed by atoms with E-state index in [1.807, 2.05) is 12.1 Å². The molecule has 3 heterocycles. The van der Waals surface area contributed by atoms with Gasteiger partial charge in [-0.15, -0.1) is 0 Å². The van der Waals surface area contributed by atoms with Crippen LogP contribution in [0.25, 0.3) is 11.0 Å².